The van der Waals surface area contributed by atoms with Gasteiger partial charge >= 0.3 is 0 Å². The molecule has 0 aromatic carbocycles. The molecule has 7 N–H and O–H groups in total. The van der Waals surface area contributed by atoms with Gasteiger partial charge in [-0.1, -0.05) is 129 Å². The molecule has 8 atom stereocenters. The predicted molar refractivity (Wildman–Crippen MR) is 172 cm³/mol. The first kappa shape index (κ1) is 41.2. The highest BCUT2D eigenvalue weighted by molar-refractivity contribution is 5.76. The number of aliphatic hydroxyl groups excluding tert-OH is 6. The molecule has 1 aliphatic heterocycles. The number of aliphatic hydroxyl groups is 6. The highest BCUT2D eigenvalue weighted by Crippen LogP contribution is 2.23. The number of carbonyl (C=O) groups excluding carboxylic acids is 1. The highest BCUT2D eigenvalue weighted by Gasteiger charge is 2.44. The van der Waals surface area contributed by atoms with Gasteiger partial charge in [0.15, 0.2) is 6.29 Å². The summed E-state index contributed by atoms with van der Waals surface area (Å²) in [6.07, 6.45) is 12.7. The summed E-state index contributed by atoms with van der Waals surface area (Å²) in [4.78, 5) is 12.8. The zero-order valence-corrected chi connectivity index (χ0v) is 27.8. The Morgan fingerprint density at radius 2 is 1.18 bits per heavy atom. The van der Waals surface area contributed by atoms with Gasteiger partial charge < -0.3 is 45.4 Å². The van der Waals surface area contributed by atoms with Crippen molar-refractivity contribution in [2.24, 2.45) is 0 Å². The second kappa shape index (κ2) is 26.2. The molecule has 0 spiro atoms. The molecule has 44 heavy (non-hydrogen) atoms. The maximum atomic E-state index is 12.8. The molecular weight excluding hydrogens is 566 g/mol. The maximum absolute atomic E-state index is 12.8. The quantitative estimate of drug-likeness (QED) is 0.0623. The standard InChI is InChI=1S/C34H67NO9/c1-3-5-7-9-11-13-15-16-18-20-22-27(37)30(39)26(25-43-34-33(42)32(41)31(40)28(24-36)44-34)35-29(38)23-21-19-17-14-12-10-8-6-4-2/h26-28,30-34,36-37,39-42H,3-25H2,1-2H3,(H,35,38)/t26-,27+,28+,30-,31+,32?,33?,34+/m0/s1. The molecule has 0 aliphatic carbocycles. The molecule has 1 fully saturated rings. The van der Waals surface area contributed by atoms with E-state index in [0.29, 0.717) is 6.42 Å². The molecule has 1 heterocycles. The van der Waals surface area contributed by atoms with Crippen molar-refractivity contribution in [1.82, 2.24) is 5.32 Å². The van der Waals surface area contributed by atoms with Crippen molar-refractivity contribution in [3.05, 3.63) is 0 Å². The van der Waals surface area contributed by atoms with Crippen molar-refractivity contribution in [3.63, 3.8) is 0 Å². The molecule has 0 radical (unpaired) electrons. The van der Waals surface area contributed by atoms with Gasteiger partial charge in [0.1, 0.15) is 30.5 Å². The Morgan fingerprint density at radius 3 is 1.68 bits per heavy atom. The van der Waals surface area contributed by atoms with Crippen LogP contribution in [0.15, 0.2) is 0 Å². The average Bonchev–Trinajstić information content (AvgIpc) is 3.02. The Bertz CT molecular complexity index is 683. The van der Waals surface area contributed by atoms with E-state index in [1.165, 1.54) is 70.6 Å². The van der Waals surface area contributed by atoms with E-state index >= 15 is 0 Å². The van der Waals surface area contributed by atoms with Gasteiger partial charge in [0.05, 0.1) is 25.4 Å². The van der Waals surface area contributed by atoms with E-state index in [4.69, 9.17) is 9.47 Å². The highest BCUT2D eigenvalue weighted by atomic mass is 16.7. The molecule has 1 amide bonds. The molecule has 0 saturated carbocycles. The van der Waals surface area contributed by atoms with Gasteiger partial charge in [-0.15, -0.1) is 0 Å². The number of unbranched alkanes of at least 4 members (excludes halogenated alkanes) is 17. The van der Waals surface area contributed by atoms with E-state index in [1.807, 2.05) is 0 Å². The number of rotatable bonds is 28. The number of ether oxygens (including phenoxy) is 2. The fourth-order valence-electron chi connectivity index (χ4n) is 5.78. The van der Waals surface area contributed by atoms with Crippen LogP contribution in [0.5, 0.6) is 0 Å². The Hall–Kier alpha value is -0.850. The third kappa shape index (κ3) is 17.7. The molecule has 10 heteroatoms. The largest absolute Gasteiger partial charge is 0.394 e. The van der Waals surface area contributed by atoms with Gasteiger partial charge in [0.2, 0.25) is 5.91 Å². The molecular formula is C34H67NO9. The monoisotopic (exact) mass is 633 g/mol. The zero-order chi connectivity index (χ0) is 32.6. The van der Waals surface area contributed by atoms with Crippen LogP contribution in [-0.2, 0) is 14.3 Å². The molecule has 1 saturated heterocycles. The molecule has 0 aromatic rings. The van der Waals surface area contributed by atoms with E-state index in [-0.39, 0.29) is 18.9 Å². The van der Waals surface area contributed by atoms with Crippen LogP contribution in [-0.4, -0.2) is 98.7 Å². The average molecular weight is 634 g/mol. The second-order valence-corrected chi connectivity index (χ2v) is 12.8. The number of hydrogen-bond donors (Lipinski definition) is 7. The Morgan fingerprint density at radius 1 is 0.705 bits per heavy atom. The van der Waals surface area contributed by atoms with Crippen molar-refractivity contribution in [1.29, 1.82) is 0 Å². The normalized spacial score (nSPS) is 24.2. The summed E-state index contributed by atoms with van der Waals surface area (Å²) in [5.74, 6) is -0.263. The zero-order valence-electron chi connectivity index (χ0n) is 27.8. The first-order chi connectivity index (χ1) is 21.3. The summed E-state index contributed by atoms with van der Waals surface area (Å²) < 4.78 is 11.1. The molecule has 1 aliphatic rings. The molecule has 1 rings (SSSR count). The number of carbonyl (C=O) groups is 1. The molecule has 2 unspecified atom stereocenters. The lowest BCUT2D eigenvalue weighted by atomic mass is 9.98. The minimum absolute atomic E-state index is 0.263. The van der Waals surface area contributed by atoms with Crippen molar-refractivity contribution in [2.45, 2.75) is 198 Å². The summed E-state index contributed by atoms with van der Waals surface area (Å²) in [5, 5.41) is 64.5. The third-order valence-electron chi connectivity index (χ3n) is 8.80. The number of hydrogen-bond acceptors (Lipinski definition) is 9. The lowest BCUT2D eigenvalue weighted by Crippen LogP contribution is -2.60. The van der Waals surface area contributed by atoms with Crippen LogP contribution in [0.3, 0.4) is 0 Å². The van der Waals surface area contributed by atoms with Crippen molar-refractivity contribution in [2.75, 3.05) is 13.2 Å². The van der Waals surface area contributed by atoms with Crippen LogP contribution in [0.1, 0.15) is 149 Å². The summed E-state index contributed by atoms with van der Waals surface area (Å²) in [5.41, 5.74) is 0. The molecule has 10 nitrogen and oxygen atoms in total. The van der Waals surface area contributed by atoms with Crippen LogP contribution in [0.2, 0.25) is 0 Å². The summed E-state index contributed by atoms with van der Waals surface area (Å²) >= 11 is 0. The number of nitrogens with one attached hydrogen (secondary N) is 1. The summed E-state index contributed by atoms with van der Waals surface area (Å²) in [6, 6.07) is -0.980. The first-order valence-electron chi connectivity index (χ1n) is 17.8. The van der Waals surface area contributed by atoms with Crippen LogP contribution < -0.4 is 5.32 Å². The van der Waals surface area contributed by atoms with E-state index in [2.05, 4.69) is 19.2 Å². The van der Waals surface area contributed by atoms with Crippen molar-refractivity contribution in [3.8, 4) is 0 Å². The van der Waals surface area contributed by atoms with Gasteiger partial charge in [0, 0.05) is 6.42 Å². The molecule has 0 aromatic heterocycles. The topological polar surface area (TPSA) is 169 Å². The smallest absolute Gasteiger partial charge is 0.220 e. The van der Waals surface area contributed by atoms with Crippen molar-refractivity contribution < 1.29 is 44.9 Å². The Kier molecular flexibility index (Phi) is 24.6. The van der Waals surface area contributed by atoms with Crippen LogP contribution in [0.4, 0.5) is 0 Å². The Labute approximate surface area is 266 Å². The van der Waals surface area contributed by atoms with Crippen molar-refractivity contribution >= 4 is 5.91 Å². The van der Waals surface area contributed by atoms with Gasteiger partial charge in [-0.25, -0.2) is 0 Å². The van der Waals surface area contributed by atoms with Crippen LogP contribution in [0.25, 0.3) is 0 Å². The molecule has 262 valence electrons. The SMILES string of the molecule is CCCCCCCCCCCC[C@@H](O)[C@@H](O)[C@H](CO[C@@H]1O[C@H](CO)[C@@H](O)C(O)C1O)NC(=O)CCCCCCCCCCC. The van der Waals surface area contributed by atoms with E-state index in [0.717, 1.165) is 51.4 Å². The minimum Gasteiger partial charge on any atom is -0.394 e. The lowest BCUT2D eigenvalue weighted by Gasteiger charge is -2.40. The van der Waals surface area contributed by atoms with Crippen LogP contribution >= 0.6 is 0 Å². The van der Waals surface area contributed by atoms with Crippen LogP contribution in [0, 0.1) is 0 Å². The Balaban J connectivity index is 2.56. The second-order valence-electron chi connectivity index (χ2n) is 12.8. The third-order valence-corrected chi connectivity index (χ3v) is 8.80. The lowest BCUT2D eigenvalue weighted by molar-refractivity contribution is -0.303. The summed E-state index contributed by atoms with van der Waals surface area (Å²) in [7, 11) is 0. The maximum Gasteiger partial charge on any atom is 0.220 e. The fraction of sp³-hybridized carbons (Fsp3) is 0.971. The van der Waals surface area contributed by atoms with Gasteiger partial charge in [0.25, 0.3) is 0 Å². The first-order valence-corrected chi connectivity index (χ1v) is 17.8. The fourth-order valence-corrected chi connectivity index (χ4v) is 5.78. The predicted octanol–water partition coefficient (Wildman–Crippen LogP) is 4.24. The minimum atomic E-state index is -1.60. The van der Waals surface area contributed by atoms with E-state index in [1.54, 1.807) is 0 Å². The van der Waals surface area contributed by atoms with E-state index < -0.39 is 55.6 Å². The van der Waals surface area contributed by atoms with Gasteiger partial charge in [-0.3, -0.25) is 4.79 Å². The van der Waals surface area contributed by atoms with E-state index in [9.17, 15) is 35.4 Å². The van der Waals surface area contributed by atoms with Gasteiger partial charge in [-0.2, -0.15) is 0 Å². The van der Waals surface area contributed by atoms with Gasteiger partial charge in [-0.05, 0) is 12.8 Å². The molecule has 0 bridgehead atoms. The number of amides is 1. The summed E-state index contributed by atoms with van der Waals surface area (Å²) in [6.45, 7) is 3.52.